The van der Waals surface area contributed by atoms with Crippen LogP contribution in [0.15, 0.2) is 188 Å². The molecule has 0 spiro atoms. The van der Waals surface area contributed by atoms with E-state index in [0.717, 1.165) is 28.1 Å². The average Bonchev–Trinajstić information content (AvgIpc) is 3.93. The molecule has 0 N–H and O–H groups in total. The zero-order chi connectivity index (χ0) is 37.5. The van der Waals surface area contributed by atoms with Crippen molar-refractivity contribution in [3.8, 4) is 45.5 Å². The van der Waals surface area contributed by atoms with Crippen LogP contribution in [0.4, 0.5) is 0 Å². The summed E-state index contributed by atoms with van der Waals surface area (Å²) < 4.78 is 7.27. The second kappa shape index (κ2) is 12.6. The number of aromatic nitrogens is 5. The maximum absolute atomic E-state index is 5.00. The zero-order valence-corrected chi connectivity index (χ0v) is 31.4. The van der Waals surface area contributed by atoms with Gasteiger partial charge in [0.1, 0.15) is 0 Å². The first-order chi connectivity index (χ1) is 28.2. The van der Waals surface area contributed by atoms with Gasteiger partial charge >= 0.3 is 0 Å². The molecule has 0 atom stereocenters. The lowest BCUT2D eigenvalue weighted by molar-refractivity contribution is 1.07. The molecule has 0 saturated heterocycles. The van der Waals surface area contributed by atoms with Crippen LogP contribution in [0.3, 0.4) is 0 Å². The monoisotopic (exact) mass is 745 g/mol. The van der Waals surface area contributed by atoms with E-state index < -0.39 is 0 Å². The van der Waals surface area contributed by atoms with E-state index in [-0.39, 0.29) is 0 Å². The first-order valence-electron chi connectivity index (χ1n) is 19.1. The summed E-state index contributed by atoms with van der Waals surface area (Å²) in [6.45, 7) is 0. The molecule has 0 aliphatic heterocycles. The van der Waals surface area contributed by atoms with Crippen molar-refractivity contribution in [2.24, 2.45) is 0 Å². The van der Waals surface area contributed by atoms with Crippen molar-refractivity contribution in [1.29, 1.82) is 0 Å². The number of fused-ring (bicyclic) bond motifs is 9. The first-order valence-corrected chi connectivity index (χ1v) is 19.9. The number of hydrogen-bond acceptors (Lipinski definition) is 4. The van der Waals surface area contributed by atoms with Gasteiger partial charge in [-0.25, -0.2) is 15.0 Å². The quantitative estimate of drug-likeness (QED) is 0.176. The molecule has 0 saturated carbocycles. The Hall–Kier alpha value is -7.41. The molecule has 5 nitrogen and oxygen atoms in total. The number of para-hydroxylation sites is 3. The van der Waals surface area contributed by atoms with E-state index in [9.17, 15) is 0 Å². The lowest BCUT2D eigenvalue weighted by atomic mass is 10.1. The van der Waals surface area contributed by atoms with Gasteiger partial charge in [-0.3, -0.25) is 0 Å². The minimum absolute atomic E-state index is 0.660. The van der Waals surface area contributed by atoms with Crippen LogP contribution < -0.4 is 0 Å². The molecule has 0 fully saturated rings. The highest BCUT2D eigenvalue weighted by molar-refractivity contribution is 7.25. The van der Waals surface area contributed by atoms with E-state index in [0.29, 0.717) is 17.5 Å². The fourth-order valence-corrected chi connectivity index (χ4v) is 9.72. The van der Waals surface area contributed by atoms with Gasteiger partial charge in [0.25, 0.3) is 0 Å². The normalized spacial score (nSPS) is 11.9. The Kier molecular flexibility index (Phi) is 7.03. The topological polar surface area (TPSA) is 48.5 Å². The van der Waals surface area contributed by atoms with Crippen LogP contribution in [-0.2, 0) is 0 Å². The second-order valence-electron chi connectivity index (χ2n) is 14.5. The highest BCUT2D eigenvalue weighted by atomic mass is 32.1. The molecule has 6 heteroatoms. The van der Waals surface area contributed by atoms with E-state index in [1.165, 1.54) is 63.8 Å². The van der Waals surface area contributed by atoms with Gasteiger partial charge in [0, 0.05) is 69.8 Å². The molecule has 266 valence electrons. The summed E-state index contributed by atoms with van der Waals surface area (Å²) in [5, 5.41) is 7.43. The standard InChI is InChI=1S/C51H31N5S/c1-4-14-32(15-5-1)49-52-50(33-16-6-2-7-17-33)54-51(53-49)34-24-26-39-40-27-25-36(29-48(40)57-47(39)28-34)56-44-23-13-11-21-38(44)42-30-45-41(31-46(42)56)37-20-10-12-22-43(37)55(45)35-18-8-3-9-19-35/h1-31H. The Morgan fingerprint density at radius 1 is 0.298 bits per heavy atom. The molecular weight excluding hydrogens is 715 g/mol. The summed E-state index contributed by atoms with van der Waals surface area (Å²) >= 11 is 1.81. The van der Waals surface area contributed by atoms with E-state index in [2.05, 4.69) is 137 Å². The van der Waals surface area contributed by atoms with Crippen molar-refractivity contribution in [3.63, 3.8) is 0 Å². The van der Waals surface area contributed by atoms with Crippen molar-refractivity contribution in [3.05, 3.63) is 188 Å². The molecule has 12 aromatic rings. The van der Waals surface area contributed by atoms with Crippen molar-refractivity contribution in [2.75, 3.05) is 0 Å². The van der Waals surface area contributed by atoms with Gasteiger partial charge in [0.05, 0.1) is 22.1 Å². The fourth-order valence-electron chi connectivity index (χ4n) is 8.55. The molecular formula is C51H31N5S. The molecule has 0 amide bonds. The zero-order valence-electron chi connectivity index (χ0n) is 30.5. The Morgan fingerprint density at radius 3 is 1.33 bits per heavy atom. The molecule has 0 aliphatic rings. The molecule has 8 aromatic carbocycles. The molecule has 0 bridgehead atoms. The predicted molar refractivity (Wildman–Crippen MR) is 238 cm³/mol. The Bertz CT molecular complexity index is 3450. The summed E-state index contributed by atoms with van der Waals surface area (Å²) in [5.41, 5.74) is 9.99. The number of benzene rings is 8. The highest BCUT2D eigenvalue weighted by Gasteiger charge is 2.19. The summed E-state index contributed by atoms with van der Waals surface area (Å²) in [7, 11) is 0. The predicted octanol–water partition coefficient (Wildman–Crippen LogP) is 13.4. The van der Waals surface area contributed by atoms with E-state index >= 15 is 0 Å². The molecule has 12 rings (SSSR count). The lowest BCUT2D eigenvalue weighted by Crippen LogP contribution is -1.99. The molecule has 0 aliphatic carbocycles. The van der Waals surface area contributed by atoms with Gasteiger partial charge in [0.2, 0.25) is 0 Å². The van der Waals surface area contributed by atoms with Gasteiger partial charge < -0.3 is 9.13 Å². The van der Waals surface area contributed by atoms with Gasteiger partial charge in [-0.2, -0.15) is 0 Å². The van der Waals surface area contributed by atoms with Crippen LogP contribution in [0, 0.1) is 0 Å². The Morgan fingerprint density at radius 2 is 0.754 bits per heavy atom. The van der Waals surface area contributed by atoms with Crippen LogP contribution in [0.1, 0.15) is 0 Å². The van der Waals surface area contributed by atoms with E-state index in [4.69, 9.17) is 15.0 Å². The summed E-state index contributed by atoms with van der Waals surface area (Å²) in [4.78, 5) is 14.9. The number of hydrogen-bond donors (Lipinski definition) is 0. The van der Waals surface area contributed by atoms with Gasteiger partial charge in [0.15, 0.2) is 17.5 Å². The van der Waals surface area contributed by atoms with Crippen LogP contribution in [0.2, 0.25) is 0 Å². The summed E-state index contributed by atoms with van der Waals surface area (Å²) in [6, 6.07) is 66.8. The SMILES string of the molecule is c1ccc(-c2nc(-c3ccccc3)nc(-c3ccc4c(c3)sc3cc(-n5c6ccccc6c6cc7c(cc65)c5ccccc5n7-c5ccccc5)ccc34)n2)cc1. The van der Waals surface area contributed by atoms with E-state index in [1.54, 1.807) is 0 Å². The van der Waals surface area contributed by atoms with Gasteiger partial charge in [-0.1, -0.05) is 133 Å². The molecule has 4 heterocycles. The highest BCUT2D eigenvalue weighted by Crippen LogP contribution is 2.42. The third-order valence-corrected chi connectivity index (χ3v) is 12.3. The molecule has 0 unspecified atom stereocenters. The fraction of sp³-hybridized carbons (Fsp3) is 0. The molecule has 57 heavy (non-hydrogen) atoms. The van der Waals surface area contributed by atoms with E-state index in [1.807, 2.05) is 72.0 Å². The Labute approximate surface area is 331 Å². The van der Waals surface area contributed by atoms with Gasteiger partial charge in [-0.15, -0.1) is 11.3 Å². The van der Waals surface area contributed by atoms with Crippen LogP contribution in [0.5, 0.6) is 0 Å². The average molecular weight is 746 g/mol. The molecule has 4 aromatic heterocycles. The van der Waals surface area contributed by atoms with Crippen LogP contribution in [-0.4, -0.2) is 24.1 Å². The number of rotatable bonds is 5. The molecule has 0 radical (unpaired) electrons. The smallest absolute Gasteiger partial charge is 0.164 e. The van der Waals surface area contributed by atoms with Crippen molar-refractivity contribution >= 4 is 75.1 Å². The van der Waals surface area contributed by atoms with Crippen molar-refractivity contribution in [1.82, 2.24) is 24.1 Å². The number of thiophene rings is 1. The maximum atomic E-state index is 5.00. The number of nitrogens with zero attached hydrogens (tertiary/aromatic N) is 5. The minimum Gasteiger partial charge on any atom is -0.309 e. The maximum Gasteiger partial charge on any atom is 0.164 e. The van der Waals surface area contributed by atoms with Gasteiger partial charge in [-0.05, 0) is 54.6 Å². The first kappa shape index (κ1) is 31.9. The lowest BCUT2D eigenvalue weighted by Gasteiger charge is -2.09. The summed E-state index contributed by atoms with van der Waals surface area (Å²) in [6.07, 6.45) is 0. The minimum atomic E-state index is 0.660. The van der Waals surface area contributed by atoms with Crippen LogP contribution in [0.25, 0.3) is 109 Å². The summed E-state index contributed by atoms with van der Waals surface area (Å²) in [5.74, 6) is 1.98. The Balaban J connectivity index is 1.03. The largest absolute Gasteiger partial charge is 0.309 e. The second-order valence-corrected chi connectivity index (χ2v) is 15.5. The third kappa shape index (κ3) is 5.04. The third-order valence-electron chi connectivity index (χ3n) is 11.2. The van der Waals surface area contributed by atoms with Crippen molar-refractivity contribution < 1.29 is 0 Å². The van der Waals surface area contributed by atoms with Crippen molar-refractivity contribution in [2.45, 2.75) is 0 Å². The van der Waals surface area contributed by atoms with Crippen LogP contribution >= 0.6 is 11.3 Å².